The first kappa shape index (κ1) is 47.6. The van der Waals surface area contributed by atoms with Crippen LogP contribution in [0.5, 0.6) is 0 Å². The molecule has 11 heteroatoms. The Hall–Kier alpha value is -2.57. The van der Waals surface area contributed by atoms with E-state index in [-0.39, 0.29) is 31.4 Å². The molecule has 1 fully saturated rings. The molecule has 2 rings (SSSR count). The molecule has 310 valence electrons. The maximum atomic E-state index is 14.2. The van der Waals surface area contributed by atoms with Crippen LogP contribution in [0.4, 0.5) is 4.79 Å². The fourth-order valence-corrected chi connectivity index (χ4v) is 7.11. The van der Waals surface area contributed by atoms with Gasteiger partial charge in [-0.25, -0.2) is 9.69 Å². The van der Waals surface area contributed by atoms with Crippen molar-refractivity contribution in [2.45, 2.75) is 199 Å². The Morgan fingerprint density at radius 2 is 1.26 bits per heavy atom. The Morgan fingerprint density at radius 1 is 0.759 bits per heavy atom. The molecule has 1 heterocycles. The predicted molar refractivity (Wildman–Crippen MR) is 213 cm³/mol. The quantitative estimate of drug-likeness (QED) is 0.0630. The van der Waals surface area contributed by atoms with Gasteiger partial charge in [-0.15, -0.1) is 0 Å². The third-order valence-electron chi connectivity index (χ3n) is 10.7. The Labute approximate surface area is 326 Å². The molecule has 1 saturated heterocycles. The van der Waals surface area contributed by atoms with Crippen molar-refractivity contribution in [1.29, 1.82) is 0 Å². The number of aliphatic hydroxyl groups excluding tert-OH is 3. The number of nitrogens with two attached hydrogens (primary N) is 1. The summed E-state index contributed by atoms with van der Waals surface area (Å²) < 4.78 is 11.9. The number of unbranched alkanes of at least 4 members (excludes halogenated alkanes) is 17. The Kier molecular flexibility index (Phi) is 24.6. The number of benzene rings is 1. The summed E-state index contributed by atoms with van der Waals surface area (Å²) in [6.45, 7) is 7.36. The molecule has 0 aliphatic carbocycles. The molecular formula is C43H75N3O8. The van der Waals surface area contributed by atoms with E-state index in [4.69, 9.17) is 15.2 Å². The summed E-state index contributed by atoms with van der Waals surface area (Å²) in [6.07, 6.45) is 14.0. The third-order valence-corrected chi connectivity index (χ3v) is 10.7. The van der Waals surface area contributed by atoms with Crippen molar-refractivity contribution in [1.82, 2.24) is 9.80 Å². The summed E-state index contributed by atoms with van der Waals surface area (Å²) in [5.74, 6) is -1.43. The first-order chi connectivity index (χ1) is 26.1. The number of aliphatic hydroxyl groups is 3. The summed E-state index contributed by atoms with van der Waals surface area (Å²) >= 11 is 0. The highest BCUT2D eigenvalue weighted by Gasteiger charge is 2.53. The van der Waals surface area contributed by atoms with Crippen LogP contribution < -0.4 is 5.73 Å². The first-order valence-corrected chi connectivity index (χ1v) is 21.3. The van der Waals surface area contributed by atoms with Gasteiger partial charge in [-0.3, -0.25) is 9.59 Å². The van der Waals surface area contributed by atoms with Crippen LogP contribution in [0.2, 0.25) is 0 Å². The van der Waals surface area contributed by atoms with Crippen molar-refractivity contribution >= 4 is 17.9 Å². The monoisotopic (exact) mass is 762 g/mol. The maximum Gasteiger partial charge on any atom is 0.417 e. The molecule has 1 aliphatic rings. The summed E-state index contributed by atoms with van der Waals surface area (Å²) in [7, 11) is 0. The van der Waals surface area contributed by atoms with E-state index in [1.807, 2.05) is 6.07 Å². The lowest BCUT2D eigenvalue weighted by Gasteiger charge is -2.49. The average Bonchev–Trinajstić information content (AvgIpc) is 3.17. The van der Waals surface area contributed by atoms with Crippen molar-refractivity contribution in [3.8, 4) is 0 Å². The molecule has 54 heavy (non-hydrogen) atoms. The third kappa shape index (κ3) is 16.7. The number of hydrogen-bond acceptors (Lipinski definition) is 9. The minimum absolute atomic E-state index is 0.156. The fraction of sp³-hybridized carbons (Fsp3) is 0.791. The Morgan fingerprint density at radius 3 is 1.76 bits per heavy atom. The van der Waals surface area contributed by atoms with Gasteiger partial charge in [0.2, 0.25) is 11.8 Å². The zero-order valence-electron chi connectivity index (χ0n) is 34.0. The maximum absolute atomic E-state index is 14.2. The summed E-state index contributed by atoms with van der Waals surface area (Å²) in [4.78, 5) is 44.5. The van der Waals surface area contributed by atoms with Gasteiger partial charge in [0.25, 0.3) is 0 Å². The topological polar surface area (TPSA) is 163 Å². The highest BCUT2D eigenvalue weighted by atomic mass is 16.6. The molecule has 1 aromatic carbocycles. The first-order valence-electron chi connectivity index (χ1n) is 21.3. The smallest absolute Gasteiger partial charge is 0.417 e. The second-order valence-corrected chi connectivity index (χ2v) is 15.6. The average molecular weight is 762 g/mol. The lowest BCUT2D eigenvalue weighted by molar-refractivity contribution is -0.245. The van der Waals surface area contributed by atoms with E-state index < -0.39 is 55.2 Å². The van der Waals surface area contributed by atoms with Crippen LogP contribution in [0, 0.1) is 5.92 Å². The zero-order valence-corrected chi connectivity index (χ0v) is 34.0. The highest BCUT2D eigenvalue weighted by Crippen LogP contribution is 2.31. The van der Waals surface area contributed by atoms with Crippen molar-refractivity contribution < 1.29 is 39.2 Å². The van der Waals surface area contributed by atoms with Gasteiger partial charge in [0.15, 0.2) is 6.23 Å². The van der Waals surface area contributed by atoms with Crippen LogP contribution in [0.15, 0.2) is 30.3 Å². The molecule has 0 spiro atoms. The minimum Gasteiger partial charge on any atom is -0.444 e. The van der Waals surface area contributed by atoms with E-state index in [9.17, 15) is 29.7 Å². The Balaban J connectivity index is 2.34. The van der Waals surface area contributed by atoms with E-state index >= 15 is 0 Å². The number of nitrogens with zero attached hydrogens (tertiary/aromatic N) is 2. The van der Waals surface area contributed by atoms with E-state index in [1.54, 1.807) is 38.1 Å². The number of imide groups is 1. The molecule has 0 unspecified atom stereocenters. The van der Waals surface area contributed by atoms with E-state index in [0.29, 0.717) is 18.4 Å². The molecule has 1 aliphatic heterocycles. The van der Waals surface area contributed by atoms with Gasteiger partial charge in [-0.2, -0.15) is 0 Å². The minimum atomic E-state index is -1.76. The molecular weight excluding hydrogens is 686 g/mol. The molecule has 5 N–H and O–H groups in total. The lowest BCUT2D eigenvalue weighted by Crippen LogP contribution is -2.71. The lowest BCUT2D eigenvalue weighted by atomic mass is 9.92. The zero-order chi connectivity index (χ0) is 39.7. The SMILES string of the molecule is CCCCCCCCCCCCN(C(=O)CCCCCCCCCCC)[C@@H]1O[C@H](CO)[C@@H](O)[C@H](O)[C@H]1N(C(=O)OCc1ccccc1)C(=O)[C@@H](N)C(C)C. The van der Waals surface area contributed by atoms with E-state index in [2.05, 4.69) is 13.8 Å². The van der Waals surface area contributed by atoms with Gasteiger partial charge in [0.1, 0.15) is 31.0 Å². The molecule has 3 amide bonds. The van der Waals surface area contributed by atoms with Gasteiger partial charge in [0, 0.05) is 13.0 Å². The standard InChI is InChI=1S/C43H75N3O8/c1-5-7-9-11-13-15-17-19-21-26-30-45(36(48)29-25-20-18-16-14-12-10-8-6-2)42-38(40(50)39(49)35(31-47)54-42)46(41(51)37(44)33(3)4)43(52)53-32-34-27-23-22-24-28-34/h22-24,27-28,33,35,37-40,42,47,49-50H,5-21,25-26,29-32,44H2,1-4H3/t35-,37+,38-,39-,40-,42-/m1/s1. The number of rotatable bonds is 28. The van der Waals surface area contributed by atoms with Crippen molar-refractivity contribution in [3.05, 3.63) is 35.9 Å². The van der Waals surface area contributed by atoms with Gasteiger partial charge >= 0.3 is 6.09 Å². The number of hydrogen-bond donors (Lipinski definition) is 4. The van der Waals surface area contributed by atoms with Crippen LogP contribution in [0.1, 0.15) is 162 Å². The van der Waals surface area contributed by atoms with Gasteiger partial charge in [-0.1, -0.05) is 167 Å². The second kappa shape index (κ2) is 27.9. The normalized spacial score (nSPS) is 20.5. The molecule has 1 aromatic rings. The molecule has 0 aromatic heterocycles. The summed E-state index contributed by atoms with van der Waals surface area (Å²) in [5.41, 5.74) is 7.02. The second-order valence-electron chi connectivity index (χ2n) is 15.6. The highest BCUT2D eigenvalue weighted by molar-refractivity contribution is 5.95. The molecule has 11 nitrogen and oxygen atoms in total. The fourth-order valence-electron chi connectivity index (χ4n) is 7.11. The number of carbonyl (C=O) groups excluding carboxylic acids is 3. The van der Waals surface area contributed by atoms with Gasteiger partial charge < -0.3 is 35.4 Å². The molecule has 0 radical (unpaired) electrons. The van der Waals surface area contributed by atoms with Crippen LogP contribution >= 0.6 is 0 Å². The van der Waals surface area contributed by atoms with E-state index in [0.717, 1.165) is 43.4 Å². The summed E-state index contributed by atoms with van der Waals surface area (Å²) in [5, 5.41) is 33.0. The van der Waals surface area contributed by atoms with Gasteiger partial charge in [-0.05, 0) is 24.3 Å². The molecule has 0 saturated carbocycles. The summed E-state index contributed by atoms with van der Waals surface area (Å²) in [6, 6.07) is 6.28. The largest absolute Gasteiger partial charge is 0.444 e. The van der Waals surface area contributed by atoms with Crippen LogP contribution in [-0.4, -0.2) is 92.8 Å². The van der Waals surface area contributed by atoms with Crippen LogP contribution in [-0.2, 0) is 25.7 Å². The number of amides is 3. The van der Waals surface area contributed by atoms with Crippen LogP contribution in [0.3, 0.4) is 0 Å². The number of ether oxygens (including phenoxy) is 2. The Bertz CT molecular complexity index is 1150. The van der Waals surface area contributed by atoms with Crippen molar-refractivity contribution in [2.75, 3.05) is 13.2 Å². The van der Waals surface area contributed by atoms with E-state index in [1.165, 1.54) is 75.5 Å². The van der Waals surface area contributed by atoms with Gasteiger partial charge in [0.05, 0.1) is 12.6 Å². The van der Waals surface area contributed by atoms with Crippen molar-refractivity contribution in [3.63, 3.8) is 0 Å². The molecule has 6 atom stereocenters. The number of carbonyl (C=O) groups is 3. The van der Waals surface area contributed by atoms with Crippen LogP contribution in [0.25, 0.3) is 0 Å². The molecule has 0 bridgehead atoms. The van der Waals surface area contributed by atoms with Crippen molar-refractivity contribution in [2.24, 2.45) is 11.7 Å². The predicted octanol–water partition coefficient (Wildman–Crippen LogP) is 7.61.